The van der Waals surface area contributed by atoms with Gasteiger partial charge in [-0.15, -0.1) is 0 Å². The summed E-state index contributed by atoms with van der Waals surface area (Å²) in [5.74, 6) is -10.6. The summed E-state index contributed by atoms with van der Waals surface area (Å²) in [7, 11) is 5.01. The highest BCUT2D eigenvalue weighted by Crippen LogP contribution is 2.56. The lowest BCUT2D eigenvalue weighted by Crippen LogP contribution is -2.50. The molecule has 28 heavy (non-hydrogen) atoms. The SMILES string of the molecule is CN(C)C(=S)Sc1c(F)nc(N(C)C)c(F)c1SC(F)(F)C(F)(F)C(F)(F)F. The van der Waals surface area contributed by atoms with Gasteiger partial charge in [-0.05, 0) is 11.8 Å². The molecule has 15 heteroatoms. The number of pyridine rings is 1. The van der Waals surface area contributed by atoms with Crippen molar-refractivity contribution in [3.05, 3.63) is 11.8 Å². The zero-order chi connectivity index (χ0) is 22.2. The highest BCUT2D eigenvalue weighted by atomic mass is 32.2. The molecule has 0 aliphatic heterocycles. The molecule has 0 aliphatic rings. The van der Waals surface area contributed by atoms with Gasteiger partial charge in [0.05, 0.1) is 9.79 Å². The molecule has 0 radical (unpaired) electrons. The molecular weight excluding hydrogens is 465 g/mol. The average molecular weight is 477 g/mol. The molecule has 160 valence electrons. The highest BCUT2D eigenvalue weighted by Gasteiger charge is 2.73. The molecule has 0 aromatic carbocycles. The van der Waals surface area contributed by atoms with Crippen LogP contribution in [0.4, 0.5) is 45.3 Å². The molecule has 0 saturated carbocycles. The first-order valence-electron chi connectivity index (χ1n) is 6.90. The molecule has 1 aromatic heterocycles. The summed E-state index contributed by atoms with van der Waals surface area (Å²) in [6.45, 7) is 0. The monoisotopic (exact) mass is 477 g/mol. The molecule has 0 N–H and O–H groups in total. The molecule has 0 spiro atoms. The van der Waals surface area contributed by atoms with Crippen molar-refractivity contribution in [3.8, 4) is 0 Å². The normalized spacial score (nSPS) is 12.9. The lowest BCUT2D eigenvalue weighted by Gasteiger charge is -2.28. The van der Waals surface area contributed by atoms with Gasteiger partial charge < -0.3 is 9.80 Å². The predicted molar refractivity (Wildman–Crippen MR) is 92.4 cm³/mol. The van der Waals surface area contributed by atoms with Crippen LogP contribution < -0.4 is 4.90 Å². The Balaban J connectivity index is 3.64. The Labute approximate surface area is 167 Å². The number of hydrogen-bond donors (Lipinski definition) is 0. The Morgan fingerprint density at radius 3 is 1.82 bits per heavy atom. The van der Waals surface area contributed by atoms with Crippen LogP contribution in [0.2, 0.25) is 0 Å². The fraction of sp³-hybridized carbons (Fsp3) is 0.538. The van der Waals surface area contributed by atoms with Crippen LogP contribution in [0.15, 0.2) is 9.79 Å². The van der Waals surface area contributed by atoms with Gasteiger partial charge in [0.15, 0.2) is 11.6 Å². The Hall–Kier alpha value is -1.09. The molecule has 3 nitrogen and oxygen atoms in total. The summed E-state index contributed by atoms with van der Waals surface area (Å²) < 4.78 is 120. The summed E-state index contributed by atoms with van der Waals surface area (Å²) in [4.78, 5) is 2.72. The summed E-state index contributed by atoms with van der Waals surface area (Å²) in [6.07, 6.45) is -6.62. The van der Waals surface area contributed by atoms with E-state index in [2.05, 4.69) is 4.98 Å². The third-order valence-electron chi connectivity index (χ3n) is 2.92. The Bertz CT molecular complexity index is 751. The van der Waals surface area contributed by atoms with Gasteiger partial charge in [-0.3, -0.25) is 0 Å². The standard InChI is InChI=1S/C13H12F9N3S3/c1-24(2)9-5(14)6(7(8(15)23-9)27-10(26)25(3)4)28-13(21,22)11(16,17)12(18,19)20/h1-4H3. The van der Waals surface area contributed by atoms with Crippen molar-refractivity contribution in [2.24, 2.45) is 0 Å². The van der Waals surface area contributed by atoms with E-state index in [-0.39, 0.29) is 16.1 Å². The van der Waals surface area contributed by atoms with Crippen molar-refractivity contribution < 1.29 is 39.5 Å². The van der Waals surface area contributed by atoms with Gasteiger partial charge in [0.2, 0.25) is 5.95 Å². The molecule has 1 aromatic rings. The van der Waals surface area contributed by atoms with E-state index < -0.39 is 56.5 Å². The molecule has 0 amide bonds. The predicted octanol–water partition coefficient (Wildman–Crippen LogP) is 5.25. The van der Waals surface area contributed by atoms with Gasteiger partial charge in [-0.1, -0.05) is 24.0 Å². The number of rotatable bonds is 5. The van der Waals surface area contributed by atoms with E-state index in [9.17, 15) is 39.5 Å². The van der Waals surface area contributed by atoms with Gasteiger partial charge in [0.25, 0.3) is 0 Å². The largest absolute Gasteiger partial charge is 0.460 e. The smallest absolute Gasteiger partial charge is 0.363 e. The molecule has 0 aliphatic carbocycles. The zero-order valence-corrected chi connectivity index (χ0v) is 16.9. The summed E-state index contributed by atoms with van der Waals surface area (Å²) in [5.41, 5.74) is 0. The molecular formula is C13H12F9N3S3. The van der Waals surface area contributed by atoms with Crippen LogP contribution in [-0.4, -0.2) is 59.7 Å². The number of nitrogens with zero attached hydrogens (tertiary/aromatic N) is 3. The number of halogens is 9. The van der Waals surface area contributed by atoms with Crippen LogP contribution in [0.3, 0.4) is 0 Å². The van der Waals surface area contributed by atoms with Gasteiger partial charge in [-0.2, -0.15) is 40.1 Å². The molecule has 0 atom stereocenters. The molecule has 0 saturated heterocycles. The quantitative estimate of drug-likeness (QED) is 0.248. The number of thioether (sulfide) groups is 2. The van der Waals surface area contributed by atoms with Crippen LogP contribution in [0, 0.1) is 11.8 Å². The Morgan fingerprint density at radius 2 is 1.43 bits per heavy atom. The second-order valence-corrected chi connectivity index (χ2v) is 8.32. The minimum absolute atomic E-state index is 0.179. The number of anilines is 1. The van der Waals surface area contributed by atoms with Gasteiger partial charge in [-0.25, -0.2) is 4.39 Å². The topological polar surface area (TPSA) is 19.4 Å². The second-order valence-electron chi connectivity index (χ2n) is 5.55. The molecule has 0 unspecified atom stereocenters. The number of hydrogen-bond acceptors (Lipinski definition) is 5. The first kappa shape index (κ1) is 24.9. The van der Waals surface area contributed by atoms with Gasteiger partial charge in [0, 0.05) is 28.2 Å². The lowest BCUT2D eigenvalue weighted by atomic mass is 10.3. The maximum absolute atomic E-state index is 14.6. The first-order valence-corrected chi connectivity index (χ1v) is 8.95. The molecule has 1 heterocycles. The average Bonchev–Trinajstić information content (AvgIpc) is 2.51. The van der Waals surface area contributed by atoms with E-state index in [4.69, 9.17) is 12.2 Å². The van der Waals surface area contributed by atoms with Crippen LogP contribution in [0.5, 0.6) is 0 Å². The van der Waals surface area contributed by atoms with Crippen molar-refractivity contribution in [1.82, 2.24) is 9.88 Å². The minimum atomic E-state index is -6.62. The van der Waals surface area contributed by atoms with E-state index in [1.807, 2.05) is 0 Å². The fourth-order valence-corrected chi connectivity index (χ4v) is 3.53. The summed E-state index contributed by atoms with van der Waals surface area (Å²) >= 11 is 3.55. The maximum Gasteiger partial charge on any atom is 0.460 e. The summed E-state index contributed by atoms with van der Waals surface area (Å²) in [6, 6.07) is 0. The molecule has 1 rings (SSSR count). The van der Waals surface area contributed by atoms with Crippen molar-refractivity contribution in [2.75, 3.05) is 33.1 Å². The van der Waals surface area contributed by atoms with Crippen LogP contribution in [0.1, 0.15) is 0 Å². The van der Waals surface area contributed by atoms with E-state index >= 15 is 0 Å². The summed E-state index contributed by atoms with van der Waals surface area (Å²) in [5, 5.41) is -5.85. The van der Waals surface area contributed by atoms with Crippen LogP contribution in [-0.2, 0) is 0 Å². The van der Waals surface area contributed by atoms with Crippen LogP contribution in [0.25, 0.3) is 0 Å². The van der Waals surface area contributed by atoms with Gasteiger partial charge >= 0.3 is 17.4 Å². The minimum Gasteiger partial charge on any atom is -0.363 e. The van der Waals surface area contributed by atoms with Crippen molar-refractivity contribution >= 4 is 45.9 Å². The van der Waals surface area contributed by atoms with Crippen molar-refractivity contribution in [3.63, 3.8) is 0 Å². The second kappa shape index (κ2) is 8.34. The van der Waals surface area contributed by atoms with Crippen LogP contribution >= 0.6 is 35.7 Å². The van der Waals surface area contributed by atoms with E-state index in [0.717, 1.165) is 19.0 Å². The third-order valence-corrected chi connectivity index (χ3v) is 5.88. The Morgan fingerprint density at radius 1 is 0.929 bits per heavy atom. The maximum atomic E-state index is 14.6. The fourth-order valence-electron chi connectivity index (χ4n) is 1.50. The van der Waals surface area contributed by atoms with E-state index in [1.165, 1.54) is 19.0 Å². The third kappa shape index (κ3) is 4.90. The van der Waals surface area contributed by atoms with E-state index in [1.54, 1.807) is 0 Å². The highest BCUT2D eigenvalue weighted by molar-refractivity contribution is 8.23. The Kier molecular flexibility index (Phi) is 7.43. The zero-order valence-electron chi connectivity index (χ0n) is 14.5. The molecule has 0 fully saturated rings. The lowest BCUT2D eigenvalue weighted by molar-refractivity contribution is -0.330. The first-order chi connectivity index (χ1) is 12.4. The van der Waals surface area contributed by atoms with Crippen molar-refractivity contribution in [1.29, 1.82) is 0 Å². The number of alkyl halides is 7. The van der Waals surface area contributed by atoms with E-state index in [0.29, 0.717) is 0 Å². The molecule has 0 bridgehead atoms. The number of thiocarbonyl (C=S) groups is 1. The number of aromatic nitrogens is 1. The van der Waals surface area contributed by atoms with Gasteiger partial charge in [0.1, 0.15) is 4.32 Å². The van der Waals surface area contributed by atoms with Crippen molar-refractivity contribution in [2.45, 2.75) is 27.1 Å².